The normalized spacial score (nSPS) is 24.3. The molecule has 2 fully saturated rings. The first-order chi connectivity index (χ1) is 13.4. The van der Waals surface area contributed by atoms with Crippen LogP contribution in [0.4, 0.5) is 19.1 Å². The van der Waals surface area contributed by atoms with Crippen LogP contribution in [0.5, 0.6) is 0 Å². The lowest BCUT2D eigenvalue weighted by Crippen LogP contribution is -2.24. The Labute approximate surface area is 160 Å². The Bertz CT molecular complexity index is 856. The van der Waals surface area contributed by atoms with E-state index in [-0.39, 0.29) is 11.5 Å². The van der Waals surface area contributed by atoms with Gasteiger partial charge in [-0.05, 0) is 42.2 Å². The summed E-state index contributed by atoms with van der Waals surface area (Å²) < 4.78 is 44.6. The number of esters is 1. The van der Waals surface area contributed by atoms with Crippen molar-refractivity contribution in [3.8, 4) is 0 Å². The number of halogens is 3. The summed E-state index contributed by atoms with van der Waals surface area (Å²) in [5, 5.41) is 0. The molecule has 0 radical (unpaired) electrons. The zero-order chi connectivity index (χ0) is 19.9. The fourth-order valence-electron chi connectivity index (χ4n) is 4.54. The summed E-state index contributed by atoms with van der Waals surface area (Å²) in [7, 11) is 1.30. The van der Waals surface area contributed by atoms with E-state index >= 15 is 0 Å². The maximum absolute atomic E-state index is 13.3. The second-order valence-electron chi connectivity index (χ2n) is 7.44. The number of benzene rings is 1. The first-order valence-corrected chi connectivity index (χ1v) is 9.18. The largest absolute Gasteiger partial charge is 0.465 e. The van der Waals surface area contributed by atoms with Gasteiger partial charge in [-0.3, -0.25) is 0 Å². The average molecular weight is 391 g/mol. The predicted octanol–water partition coefficient (Wildman–Crippen LogP) is 3.91. The molecule has 1 aromatic heterocycles. The van der Waals surface area contributed by atoms with Gasteiger partial charge in [0.2, 0.25) is 5.95 Å². The molecule has 1 saturated carbocycles. The molecule has 148 valence electrons. The molecule has 5 nitrogen and oxygen atoms in total. The molecule has 1 aliphatic carbocycles. The topological polar surface area (TPSA) is 55.3 Å². The van der Waals surface area contributed by atoms with Crippen LogP contribution in [0.15, 0.2) is 36.7 Å². The van der Waals surface area contributed by atoms with Gasteiger partial charge in [-0.15, -0.1) is 0 Å². The highest BCUT2D eigenvalue weighted by Crippen LogP contribution is 2.49. The number of nitrogens with zero attached hydrogens (tertiary/aromatic N) is 3. The van der Waals surface area contributed by atoms with Crippen LogP contribution in [0.3, 0.4) is 0 Å². The van der Waals surface area contributed by atoms with Gasteiger partial charge in [-0.1, -0.05) is 18.2 Å². The van der Waals surface area contributed by atoms with E-state index in [1.807, 2.05) is 4.90 Å². The first kappa shape index (κ1) is 18.7. The number of aromatic nitrogens is 2. The van der Waals surface area contributed by atoms with Crippen molar-refractivity contribution in [2.24, 2.45) is 11.8 Å². The summed E-state index contributed by atoms with van der Waals surface area (Å²) >= 11 is 0. The average Bonchev–Trinajstić information content (AvgIpc) is 3.26. The standard InChI is InChI=1S/C20H20F3N3O2/c1-28-18(27)15-8-24-19(25-9-15)26-10-13-6-12(7-14(13)11-26)16-4-2-3-5-17(16)20(21,22)23/h2-5,8-9,12-14H,6-7,10-11H2,1H3/t12-,13-,14+. The molecule has 2 aromatic rings. The molecule has 2 aliphatic rings. The number of fused-ring (bicyclic) bond motifs is 1. The third-order valence-corrected chi connectivity index (χ3v) is 5.80. The van der Waals surface area contributed by atoms with Gasteiger partial charge < -0.3 is 9.64 Å². The molecule has 0 spiro atoms. The minimum Gasteiger partial charge on any atom is -0.465 e. The van der Waals surface area contributed by atoms with Crippen molar-refractivity contribution >= 4 is 11.9 Å². The van der Waals surface area contributed by atoms with Gasteiger partial charge in [-0.25, -0.2) is 14.8 Å². The number of ether oxygens (including phenoxy) is 1. The van der Waals surface area contributed by atoms with Crippen LogP contribution >= 0.6 is 0 Å². The number of anilines is 1. The molecule has 4 rings (SSSR count). The van der Waals surface area contributed by atoms with E-state index in [1.165, 1.54) is 31.6 Å². The number of hydrogen-bond donors (Lipinski definition) is 0. The third-order valence-electron chi connectivity index (χ3n) is 5.80. The summed E-state index contributed by atoms with van der Waals surface area (Å²) in [6, 6.07) is 5.91. The second kappa shape index (κ2) is 7.07. The second-order valence-corrected chi connectivity index (χ2v) is 7.44. The van der Waals surface area contributed by atoms with Crippen molar-refractivity contribution in [1.29, 1.82) is 0 Å². The summed E-state index contributed by atoms with van der Waals surface area (Å²) in [6.45, 7) is 1.43. The number of rotatable bonds is 3. The smallest absolute Gasteiger partial charge is 0.416 e. The zero-order valence-corrected chi connectivity index (χ0v) is 15.3. The quantitative estimate of drug-likeness (QED) is 0.743. The van der Waals surface area contributed by atoms with Crippen LogP contribution < -0.4 is 4.90 Å². The highest BCUT2D eigenvalue weighted by molar-refractivity contribution is 5.88. The van der Waals surface area contributed by atoms with Gasteiger partial charge in [0.25, 0.3) is 0 Å². The number of hydrogen-bond acceptors (Lipinski definition) is 5. The van der Waals surface area contributed by atoms with Gasteiger partial charge in [0.05, 0.1) is 18.2 Å². The van der Waals surface area contributed by atoms with Crippen molar-refractivity contribution in [2.45, 2.75) is 24.9 Å². The Kier molecular flexibility index (Phi) is 4.72. The van der Waals surface area contributed by atoms with Crippen LogP contribution in [0.25, 0.3) is 0 Å². The Morgan fingerprint density at radius 2 is 1.71 bits per heavy atom. The molecule has 2 heterocycles. The van der Waals surface area contributed by atoms with Crippen LogP contribution in [-0.4, -0.2) is 36.1 Å². The predicted molar refractivity (Wildman–Crippen MR) is 96.0 cm³/mol. The summed E-state index contributed by atoms with van der Waals surface area (Å²) in [5.74, 6) is 0.605. The maximum atomic E-state index is 13.3. The lowest BCUT2D eigenvalue weighted by Gasteiger charge is -2.21. The Morgan fingerprint density at radius 1 is 1.11 bits per heavy atom. The summed E-state index contributed by atoms with van der Waals surface area (Å²) in [5.41, 5.74) is 0.183. The first-order valence-electron chi connectivity index (χ1n) is 9.18. The lowest BCUT2D eigenvalue weighted by atomic mass is 9.91. The Hall–Kier alpha value is -2.64. The maximum Gasteiger partial charge on any atom is 0.416 e. The van der Waals surface area contributed by atoms with E-state index in [4.69, 9.17) is 0 Å². The molecule has 0 N–H and O–H groups in total. The van der Waals surface area contributed by atoms with Crippen molar-refractivity contribution < 1.29 is 22.7 Å². The number of alkyl halides is 3. The SMILES string of the molecule is COC(=O)c1cnc(N2C[C@H]3C[C@@H](c4ccccc4C(F)(F)F)C[C@H]3C2)nc1. The van der Waals surface area contributed by atoms with Crippen LogP contribution in [0, 0.1) is 11.8 Å². The molecule has 0 bridgehead atoms. The molecule has 28 heavy (non-hydrogen) atoms. The zero-order valence-electron chi connectivity index (χ0n) is 15.3. The van der Waals surface area contributed by atoms with Gasteiger partial charge in [-0.2, -0.15) is 13.2 Å². The highest BCUT2D eigenvalue weighted by Gasteiger charge is 2.44. The fourth-order valence-corrected chi connectivity index (χ4v) is 4.54. The number of carbonyl (C=O) groups excluding carboxylic acids is 1. The van der Waals surface area contributed by atoms with E-state index in [0.29, 0.717) is 36.4 Å². The van der Waals surface area contributed by atoms with Gasteiger partial charge in [0, 0.05) is 25.5 Å². The van der Waals surface area contributed by atoms with Crippen molar-refractivity contribution in [1.82, 2.24) is 9.97 Å². The number of methoxy groups -OCH3 is 1. The molecular weight excluding hydrogens is 371 g/mol. The molecule has 3 atom stereocenters. The minimum absolute atomic E-state index is 0.0717. The monoisotopic (exact) mass is 391 g/mol. The minimum atomic E-state index is -4.32. The van der Waals surface area contributed by atoms with Crippen LogP contribution in [0.1, 0.15) is 40.2 Å². The summed E-state index contributed by atoms with van der Waals surface area (Å²) in [6.07, 6.45) is 0.00779. The molecular formula is C20H20F3N3O2. The Balaban J connectivity index is 1.45. The molecule has 1 aliphatic heterocycles. The van der Waals surface area contributed by atoms with E-state index in [1.54, 1.807) is 12.1 Å². The molecule has 1 aromatic carbocycles. The highest BCUT2D eigenvalue weighted by atomic mass is 19.4. The number of carbonyl (C=O) groups is 1. The lowest BCUT2D eigenvalue weighted by molar-refractivity contribution is -0.138. The summed E-state index contributed by atoms with van der Waals surface area (Å²) in [4.78, 5) is 22.0. The fraction of sp³-hybridized carbons (Fsp3) is 0.450. The molecule has 0 unspecified atom stereocenters. The van der Waals surface area contributed by atoms with Crippen LogP contribution in [-0.2, 0) is 10.9 Å². The third kappa shape index (κ3) is 3.43. The van der Waals surface area contributed by atoms with E-state index < -0.39 is 17.7 Å². The van der Waals surface area contributed by atoms with Crippen molar-refractivity contribution in [3.05, 3.63) is 53.3 Å². The van der Waals surface area contributed by atoms with Crippen molar-refractivity contribution in [2.75, 3.05) is 25.1 Å². The van der Waals surface area contributed by atoms with Gasteiger partial charge in [0.1, 0.15) is 0 Å². The van der Waals surface area contributed by atoms with E-state index in [9.17, 15) is 18.0 Å². The van der Waals surface area contributed by atoms with E-state index in [2.05, 4.69) is 14.7 Å². The Morgan fingerprint density at radius 3 is 2.29 bits per heavy atom. The van der Waals surface area contributed by atoms with E-state index in [0.717, 1.165) is 12.8 Å². The molecule has 1 saturated heterocycles. The van der Waals surface area contributed by atoms with Crippen LogP contribution in [0.2, 0.25) is 0 Å². The van der Waals surface area contributed by atoms with Gasteiger partial charge >= 0.3 is 12.1 Å². The molecule has 0 amide bonds. The van der Waals surface area contributed by atoms with Crippen molar-refractivity contribution in [3.63, 3.8) is 0 Å². The van der Waals surface area contributed by atoms with Gasteiger partial charge in [0.15, 0.2) is 0 Å². The molecule has 8 heteroatoms.